The van der Waals surface area contributed by atoms with E-state index < -0.39 is 5.91 Å². The third kappa shape index (κ3) is 2.78. The van der Waals surface area contributed by atoms with Gasteiger partial charge in [0.1, 0.15) is 0 Å². The van der Waals surface area contributed by atoms with Gasteiger partial charge in [0.05, 0.1) is 13.2 Å². The first kappa shape index (κ1) is 13.4. The summed E-state index contributed by atoms with van der Waals surface area (Å²) in [6.45, 7) is 1.41. The standard InChI is InChI=1S/C15H20N2O3/c16-14(18)11-2-1-3-13(10-11)17-12-4-6-15(7-5-12)19-8-9-20-15/h1-3,10,12,17H,4-9H2,(H2,16,18). The second-order valence-corrected chi connectivity index (χ2v) is 5.47. The van der Waals surface area contributed by atoms with Gasteiger partial charge in [-0.25, -0.2) is 0 Å². The lowest BCUT2D eigenvalue weighted by molar-refractivity contribution is -0.177. The molecule has 2 aliphatic rings. The van der Waals surface area contributed by atoms with Gasteiger partial charge in [0.2, 0.25) is 5.91 Å². The topological polar surface area (TPSA) is 73.6 Å². The Labute approximate surface area is 118 Å². The van der Waals surface area contributed by atoms with Crippen molar-refractivity contribution in [2.75, 3.05) is 18.5 Å². The Bertz CT molecular complexity index is 488. The highest BCUT2D eigenvalue weighted by molar-refractivity contribution is 5.93. The Balaban J connectivity index is 1.59. The molecule has 1 saturated carbocycles. The van der Waals surface area contributed by atoms with Crippen LogP contribution in [0.1, 0.15) is 36.0 Å². The Kier molecular flexibility index (Phi) is 3.63. The molecule has 108 valence electrons. The lowest BCUT2D eigenvalue weighted by atomic mass is 9.90. The van der Waals surface area contributed by atoms with E-state index >= 15 is 0 Å². The predicted octanol–water partition coefficient (Wildman–Crippen LogP) is 1.88. The first-order valence-electron chi connectivity index (χ1n) is 7.11. The van der Waals surface area contributed by atoms with E-state index in [-0.39, 0.29) is 5.79 Å². The van der Waals surface area contributed by atoms with Crippen LogP contribution in [-0.2, 0) is 9.47 Å². The van der Waals surface area contributed by atoms with Gasteiger partial charge in [-0.15, -0.1) is 0 Å². The maximum Gasteiger partial charge on any atom is 0.248 e. The zero-order valence-electron chi connectivity index (χ0n) is 11.4. The maximum atomic E-state index is 11.2. The molecule has 1 amide bonds. The van der Waals surface area contributed by atoms with Crippen LogP contribution in [-0.4, -0.2) is 30.9 Å². The van der Waals surface area contributed by atoms with Crippen molar-refractivity contribution in [2.24, 2.45) is 5.73 Å². The highest BCUT2D eigenvalue weighted by atomic mass is 16.7. The number of rotatable bonds is 3. The summed E-state index contributed by atoms with van der Waals surface area (Å²) in [5, 5.41) is 3.46. The number of hydrogen-bond acceptors (Lipinski definition) is 4. The van der Waals surface area contributed by atoms with Gasteiger partial charge < -0.3 is 20.5 Å². The summed E-state index contributed by atoms with van der Waals surface area (Å²) in [5.74, 6) is -0.725. The van der Waals surface area contributed by atoms with Crippen LogP contribution < -0.4 is 11.1 Å². The molecule has 0 atom stereocenters. The van der Waals surface area contributed by atoms with Crippen molar-refractivity contribution >= 4 is 11.6 Å². The number of carbonyl (C=O) groups excluding carboxylic acids is 1. The molecule has 1 aliphatic heterocycles. The molecule has 1 saturated heterocycles. The molecule has 20 heavy (non-hydrogen) atoms. The maximum absolute atomic E-state index is 11.2. The van der Waals surface area contributed by atoms with E-state index in [1.165, 1.54) is 0 Å². The lowest BCUT2D eigenvalue weighted by Gasteiger charge is -2.36. The summed E-state index contributed by atoms with van der Waals surface area (Å²) in [5.41, 5.74) is 6.77. The van der Waals surface area contributed by atoms with Crippen molar-refractivity contribution in [2.45, 2.75) is 37.5 Å². The molecule has 5 heteroatoms. The van der Waals surface area contributed by atoms with Crippen LogP contribution in [0.2, 0.25) is 0 Å². The van der Waals surface area contributed by atoms with Crippen LogP contribution >= 0.6 is 0 Å². The van der Waals surface area contributed by atoms with Crippen molar-refractivity contribution in [3.05, 3.63) is 29.8 Å². The van der Waals surface area contributed by atoms with E-state index in [0.717, 1.165) is 31.4 Å². The summed E-state index contributed by atoms with van der Waals surface area (Å²) in [6, 6.07) is 7.71. The van der Waals surface area contributed by atoms with Crippen molar-refractivity contribution in [1.82, 2.24) is 0 Å². The largest absolute Gasteiger partial charge is 0.382 e. The van der Waals surface area contributed by atoms with Gasteiger partial charge in [-0.2, -0.15) is 0 Å². The summed E-state index contributed by atoms with van der Waals surface area (Å²) < 4.78 is 11.4. The monoisotopic (exact) mass is 276 g/mol. The molecule has 1 heterocycles. The van der Waals surface area contributed by atoms with Gasteiger partial charge in [-0.05, 0) is 31.0 Å². The van der Waals surface area contributed by atoms with E-state index in [1.54, 1.807) is 12.1 Å². The molecule has 0 radical (unpaired) electrons. The number of benzene rings is 1. The van der Waals surface area contributed by atoms with Gasteiger partial charge in [0.25, 0.3) is 0 Å². The Hall–Kier alpha value is -1.59. The molecule has 0 aromatic heterocycles. The Morgan fingerprint density at radius 3 is 2.60 bits per heavy atom. The van der Waals surface area contributed by atoms with E-state index in [1.807, 2.05) is 12.1 Å². The van der Waals surface area contributed by atoms with Crippen molar-refractivity contribution in [1.29, 1.82) is 0 Å². The fourth-order valence-electron chi connectivity index (χ4n) is 2.99. The molecule has 1 aromatic rings. The lowest BCUT2D eigenvalue weighted by Crippen LogP contribution is -2.39. The molecule has 1 spiro atoms. The minimum atomic E-state index is -0.399. The summed E-state index contributed by atoms with van der Waals surface area (Å²) in [7, 11) is 0. The molecule has 2 fully saturated rings. The van der Waals surface area contributed by atoms with Crippen LogP contribution in [0, 0.1) is 0 Å². The first-order valence-corrected chi connectivity index (χ1v) is 7.11. The molecule has 1 aliphatic carbocycles. The normalized spacial score (nSPS) is 22.0. The number of anilines is 1. The number of ether oxygens (including phenoxy) is 2. The van der Waals surface area contributed by atoms with Crippen LogP contribution in [0.15, 0.2) is 24.3 Å². The quantitative estimate of drug-likeness (QED) is 0.884. The third-order valence-corrected chi connectivity index (χ3v) is 4.08. The smallest absolute Gasteiger partial charge is 0.248 e. The molecule has 3 N–H and O–H groups in total. The second kappa shape index (κ2) is 5.42. The third-order valence-electron chi connectivity index (χ3n) is 4.08. The second-order valence-electron chi connectivity index (χ2n) is 5.47. The van der Waals surface area contributed by atoms with Crippen LogP contribution in [0.4, 0.5) is 5.69 Å². The van der Waals surface area contributed by atoms with Gasteiger partial charge in [0, 0.05) is 30.1 Å². The minimum absolute atomic E-state index is 0.326. The molecule has 5 nitrogen and oxygen atoms in total. The number of nitrogens with two attached hydrogens (primary N) is 1. The predicted molar refractivity (Wildman–Crippen MR) is 75.5 cm³/mol. The zero-order valence-corrected chi connectivity index (χ0v) is 11.4. The first-order chi connectivity index (χ1) is 9.67. The summed E-state index contributed by atoms with van der Waals surface area (Å²) in [4.78, 5) is 11.2. The van der Waals surface area contributed by atoms with Crippen molar-refractivity contribution in [3.63, 3.8) is 0 Å². The Morgan fingerprint density at radius 2 is 1.95 bits per heavy atom. The Morgan fingerprint density at radius 1 is 1.25 bits per heavy atom. The van der Waals surface area contributed by atoms with Crippen LogP contribution in [0.3, 0.4) is 0 Å². The molecule has 0 bridgehead atoms. The van der Waals surface area contributed by atoms with Gasteiger partial charge in [-0.3, -0.25) is 4.79 Å². The number of nitrogens with one attached hydrogen (secondary N) is 1. The summed E-state index contributed by atoms with van der Waals surface area (Å²) in [6.07, 6.45) is 3.84. The molecule has 3 rings (SSSR count). The SMILES string of the molecule is NC(=O)c1cccc(NC2CCC3(CC2)OCCO3)c1. The van der Waals surface area contributed by atoms with E-state index in [2.05, 4.69) is 5.32 Å². The number of amides is 1. The van der Waals surface area contributed by atoms with Gasteiger partial charge in [-0.1, -0.05) is 6.07 Å². The molecule has 0 unspecified atom stereocenters. The number of carbonyl (C=O) groups is 1. The average molecular weight is 276 g/mol. The van der Waals surface area contributed by atoms with E-state index in [0.29, 0.717) is 24.8 Å². The minimum Gasteiger partial charge on any atom is -0.382 e. The fraction of sp³-hybridized carbons (Fsp3) is 0.533. The van der Waals surface area contributed by atoms with E-state index in [9.17, 15) is 4.79 Å². The van der Waals surface area contributed by atoms with Gasteiger partial charge in [0.15, 0.2) is 5.79 Å². The van der Waals surface area contributed by atoms with Crippen LogP contribution in [0.25, 0.3) is 0 Å². The molecule has 1 aromatic carbocycles. The van der Waals surface area contributed by atoms with Crippen molar-refractivity contribution in [3.8, 4) is 0 Å². The fourth-order valence-corrected chi connectivity index (χ4v) is 2.99. The number of hydrogen-bond donors (Lipinski definition) is 2. The number of primary amides is 1. The van der Waals surface area contributed by atoms with E-state index in [4.69, 9.17) is 15.2 Å². The zero-order chi connectivity index (χ0) is 14.0. The summed E-state index contributed by atoms with van der Waals surface area (Å²) >= 11 is 0. The molecular formula is C15H20N2O3. The van der Waals surface area contributed by atoms with Crippen LogP contribution in [0.5, 0.6) is 0 Å². The molecular weight excluding hydrogens is 256 g/mol. The van der Waals surface area contributed by atoms with Gasteiger partial charge >= 0.3 is 0 Å². The highest BCUT2D eigenvalue weighted by Crippen LogP contribution is 2.36. The highest BCUT2D eigenvalue weighted by Gasteiger charge is 2.40. The average Bonchev–Trinajstić information content (AvgIpc) is 2.90. The van der Waals surface area contributed by atoms with Crippen molar-refractivity contribution < 1.29 is 14.3 Å².